The minimum Gasteiger partial charge on any atom is -0.349 e. The van der Waals surface area contributed by atoms with Crippen LogP contribution in [0, 0.1) is 13.8 Å². The molecule has 1 heterocycles. The van der Waals surface area contributed by atoms with Gasteiger partial charge in [0.15, 0.2) is 0 Å². The fraction of sp³-hybridized carbons (Fsp3) is 0.600. The van der Waals surface area contributed by atoms with Crippen molar-refractivity contribution < 1.29 is 0 Å². The van der Waals surface area contributed by atoms with E-state index in [1.165, 1.54) is 11.4 Å². The lowest BCUT2D eigenvalue weighted by atomic mass is 10.2. The fourth-order valence-corrected chi connectivity index (χ4v) is 1.38. The van der Waals surface area contributed by atoms with Crippen LogP contribution in [0.25, 0.3) is 0 Å². The van der Waals surface area contributed by atoms with Crippen LogP contribution in [-0.4, -0.2) is 10.6 Å². The van der Waals surface area contributed by atoms with Gasteiger partial charge in [0.05, 0.1) is 0 Å². The van der Waals surface area contributed by atoms with Gasteiger partial charge in [-0.3, -0.25) is 0 Å². The van der Waals surface area contributed by atoms with Gasteiger partial charge in [-0.1, -0.05) is 0 Å². The monoisotopic (exact) mass is 166 g/mol. The van der Waals surface area contributed by atoms with Gasteiger partial charge in [0.25, 0.3) is 0 Å². The lowest BCUT2D eigenvalue weighted by Gasteiger charge is -2.10. The predicted octanol–water partition coefficient (Wildman–Crippen LogP) is 1.84. The van der Waals surface area contributed by atoms with Crippen LogP contribution in [0.15, 0.2) is 12.1 Å². The first-order chi connectivity index (χ1) is 5.61. The van der Waals surface area contributed by atoms with Crippen molar-refractivity contribution in [1.29, 1.82) is 0 Å². The molecular weight excluding hydrogens is 148 g/mol. The second kappa shape index (κ2) is 3.76. The maximum absolute atomic E-state index is 5.70. The summed E-state index contributed by atoms with van der Waals surface area (Å²) in [6, 6.07) is 4.60. The van der Waals surface area contributed by atoms with E-state index in [9.17, 15) is 0 Å². The Morgan fingerprint density at radius 1 is 1.33 bits per heavy atom. The minimum absolute atomic E-state index is 0.297. The summed E-state index contributed by atoms with van der Waals surface area (Å²) in [4.78, 5) is 0. The Balaban J connectivity index is 2.62. The van der Waals surface area contributed by atoms with E-state index in [1.54, 1.807) is 0 Å². The third-order valence-corrected chi connectivity index (χ3v) is 2.23. The van der Waals surface area contributed by atoms with E-state index in [-0.39, 0.29) is 0 Å². The third kappa shape index (κ3) is 2.11. The van der Waals surface area contributed by atoms with Gasteiger partial charge in [0.1, 0.15) is 0 Å². The number of aromatic nitrogens is 1. The van der Waals surface area contributed by atoms with Gasteiger partial charge in [0.2, 0.25) is 0 Å². The van der Waals surface area contributed by atoms with Crippen LogP contribution in [-0.2, 0) is 6.54 Å². The molecule has 1 atom stereocenters. The van der Waals surface area contributed by atoms with Crippen molar-refractivity contribution in [3.8, 4) is 0 Å². The zero-order chi connectivity index (χ0) is 9.14. The molecule has 1 unspecified atom stereocenters. The highest BCUT2D eigenvalue weighted by molar-refractivity contribution is 5.13. The van der Waals surface area contributed by atoms with E-state index in [0.29, 0.717) is 6.04 Å². The first-order valence-corrected chi connectivity index (χ1v) is 4.49. The van der Waals surface area contributed by atoms with Gasteiger partial charge in [-0.2, -0.15) is 0 Å². The van der Waals surface area contributed by atoms with E-state index in [2.05, 4.69) is 30.5 Å². The average molecular weight is 166 g/mol. The number of nitrogens with zero attached hydrogens (tertiary/aromatic N) is 1. The van der Waals surface area contributed by atoms with Crippen LogP contribution in [0.1, 0.15) is 24.7 Å². The summed E-state index contributed by atoms with van der Waals surface area (Å²) in [5.41, 5.74) is 8.35. The number of aryl methyl sites for hydroxylation is 2. The molecule has 0 saturated carbocycles. The van der Waals surface area contributed by atoms with Crippen molar-refractivity contribution in [2.75, 3.05) is 0 Å². The van der Waals surface area contributed by atoms with Crippen molar-refractivity contribution >= 4 is 0 Å². The molecule has 0 amide bonds. The van der Waals surface area contributed by atoms with E-state index in [1.807, 2.05) is 6.92 Å². The number of nitrogens with two attached hydrogens (primary N) is 1. The first-order valence-electron chi connectivity index (χ1n) is 4.49. The first kappa shape index (κ1) is 9.33. The number of rotatable bonds is 3. The highest BCUT2D eigenvalue weighted by Gasteiger charge is 2.01. The fourth-order valence-electron chi connectivity index (χ4n) is 1.38. The topological polar surface area (TPSA) is 30.9 Å². The lowest BCUT2D eigenvalue weighted by Crippen LogP contribution is -2.18. The standard InChI is InChI=1S/C10H18N2/c1-8(11)6-7-12-9(2)4-5-10(12)3/h4-5,8H,6-7,11H2,1-3H3. The second-order valence-electron chi connectivity index (χ2n) is 3.53. The Morgan fingerprint density at radius 2 is 1.83 bits per heavy atom. The van der Waals surface area contributed by atoms with Crippen LogP contribution in [0.4, 0.5) is 0 Å². The van der Waals surface area contributed by atoms with Crippen LogP contribution in [0.3, 0.4) is 0 Å². The summed E-state index contributed by atoms with van der Waals surface area (Å²) >= 11 is 0. The highest BCUT2D eigenvalue weighted by Crippen LogP contribution is 2.08. The quantitative estimate of drug-likeness (QED) is 0.730. The molecule has 0 aromatic carbocycles. The zero-order valence-electron chi connectivity index (χ0n) is 8.17. The summed E-state index contributed by atoms with van der Waals surface area (Å²) in [6.45, 7) is 7.36. The molecule has 2 nitrogen and oxygen atoms in total. The average Bonchev–Trinajstić information content (AvgIpc) is 2.28. The molecule has 0 saturated heterocycles. The zero-order valence-corrected chi connectivity index (χ0v) is 8.17. The molecule has 1 aromatic heterocycles. The summed E-state index contributed by atoms with van der Waals surface area (Å²) in [5.74, 6) is 0. The van der Waals surface area contributed by atoms with Crippen molar-refractivity contribution in [2.45, 2.75) is 39.8 Å². The Labute approximate surface area is 74.4 Å². The SMILES string of the molecule is Cc1ccc(C)n1CCC(C)N. The van der Waals surface area contributed by atoms with Gasteiger partial charge in [-0.25, -0.2) is 0 Å². The Kier molecular flexibility index (Phi) is 2.93. The third-order valence-electron chi connectivity index (χ3n) is 2.23. The lowest BCUT2D eigenvalue weighted by molar-refractivity contribution is 0.557. The Bertz CT molecular complexity index is 229. The maximum Gasteiger partial charge on any atom is 0.0239 e. The van der Waals surface area contributed by atoms with Gasteiger partial charge in [-0.15, -0.1) is 0 Å². The molecule has 2 N–H and O–H groups in total. The maximum atomic E-state index is 5.70. The molecule has 0 spiro atoms. The van der Waals surface area contributed by atoms with Crippen molar-refractivity contribution in [2.24, 2.45) is 5.73 Å². The van der Waals surface area contributed by atoms with E-state index in [4.69, 9.17) is 5.73 Å². The Hall–Kier alpha value is -0.760. The van der Waals surface area contributed by atoms with Crippen LogP contribution in [0.5, 0.6) is 0 Å². The highest BCUT2D eigenvalue weighted by atomic mass is 15.0. The summed E-state index contributed by atoms with van der Waals surface area (Å²) in [6.07, 6.45) is 1.05. The molecule has 1 aromatic rings. The van der Waals surface area contributed by atoms with Crippen LogP contribution < -0.4 is 5.73 Å². The molecule has 1 rings (SSSR count). The molecule has 68 valence electrons. The molecule has 12 heavy (non-hydrogen) atoms. The van der Waals surface area contributed by atoms with Gasteiger partial charge >= 0.3 is 0 Å². The summed E-state index contributed by atoms with van der Waals surface area (Å²) in [5, 5.41) is 0. The molecule has 0 aliphatic rings. The van der Waals surface area contributed by atoms with Gasteiger partial charge in [-0.05, 0) is 39.3 Å². The molecule has 0 aliphatic carbocycles. The van der Waals surface area contributed by atoms with Crippen LogP contribution in [0.2, 0.25) is 0 Å². The molecule has 0 bridgehead atoms. The Morgan fingerprint density at radius 3 is 2.25 bits per heavy atom. The van der Waals surface area contributed by atoms with E-state index in [0.717, 1.165) is 13.0 Å². The van der Waals surface area contributed by atoms with Crippen molar-refractivity contribution in [3.05, 3.63) is 23.5 Å². The molecule has 0 aliphatic heterocycles. The summed E-state index contributed by atoms with van der Waals surface area (Å²) in [7, 11) is 0. The number of hydrogen-bond acceptors (Lipinski definition) is 1. The van der Waals surface area contributed by atoms with E-state index >= 15 is 0 Å². The summed E-state index contributed by atoms with van der Waals surface area (Å²) < 4.78 is 2.31. The molecular formula is C10H18N2. The van der Waals surface area contributed by atoms with E-state index < -0.39 is 0 Å². The largest absolute Gasteiger partial charge is 0.349 e. The molecule has 2 heteroatoms. The predicted molar refractivity (Wildman–Crippen MR) is 52.2 cm³/mol. The van der Waals surface area contributed by atoms with Crippen LogP contribution >= 0.6 is 0 Å². The van der Waals surface area contributed by atoms with Gasteiger partial charge < -0.3 is 10.3 Å². The smallest absolute Gasteiger partial charge is 0.0239 e. The minimum atomic E-state index is 0.297. The van der Waals surface area contributed by atoms with Gasteiger partial charge in [0, 0.05) is 24.0 Å². The molecule has 0 radical (unpaired) electrons. The van der Waals surface area contributed by atoms with Crippen molar-refractivity contribution in [1.82, 2.24) is 4.57 Å². The molecule has 0 fully saturated rings. The van der Waals surface area contributed by atoms with Crippen molar-refractivity contribution in [3.63, 3.8) is 0 Å². The normalized spacial score (nSPS) is 13.3. The second-order valence-corrected chi connectivity index (χ2v) is 3.53. The number of hydrogen-bond donors (Lipinski definition) is 1.